The molecular weight excluding hydrogens is 237 g/mol. The van der Waals surface area contributed by atoms with Crippen LogP contribution < -0.4 is 5.32 Å². The zero-order valence-corrected chi connectivity index (χ0v) is 8.79. The fourth-order valence-corrected chi connectivity index (χ4v) is 0. The van der Waals surface area contributed by atoms with E-state index in [0.717, 1.165) is 6.92 Å². The van der Waals surface area contributed by atoms with E-state index in [2.05, 4.69) is 0 Å². The van der Waals surface area contributed by atoms with Gasteiger partial charge in [-0.25, -0.2) is 9.88 Å². The number of phosphoric acid groups is 1. The largest absolute Gasteiger partial charge is 0.481 e. The van der Waals surface area contributed by atoms with Crippen molar-refractivity contribution >= 4 is 13.8 Å². The lowest BCUT2D eigenvalue weighted by Gasteiger charge is -2.09. The second-order valence-corrected chi connectivity index (χ2v) is 2.94. The van der Waals surface area contributed by atoms with E-state index in [1.807, 2.05) is 0 Å². The molecule has 0 rings (SSSR count). The first-order valence-electron chi connectivity index (χ1n) is 3.13. The molecule has 0 aromatic rings. The molecule has 8 N–H and O–H groups in total. The Hall–Kier alpha value is -0.580. The summed E-state index contributed by atoms with van der Waals surface area (Å²) in [6, 6.07) is 0. The fraction of sp³-hybridized carbons (Fsp3) is 0.750. The average Bonchev–Trinajstić information content (AvgIpc) is 1.80. The van der Waals surface area contributed by atoms with Crippen molar-refractivity contribution in [3.63, 3.8) is 0 Å². The Balaban J connectivity index is -0.000000147. The molecule has 0 aromatic heterocycles. The fourth-order valence-electron chi connectivity index (χ4n) is 0. The lowest BCUT2D eigenvalue weighted by molar-refractivity contribution is -0.328. The number of aliphatic carboxylic acids is 1. The van der Waals surface area contributed by atoms with E-state index in [1.165, 1.54) is 7.05 Å². The number of rotatable bonds is 1. The molecule has 94 valence electrons. The molecule has 0 heterocycles. The van der Waals surface area contributed by atoms with E-state index in [4.69, 9.17) is 44.5 Å². The monoisotopic (exact) mass is 251 g/mol. The molecule has 0 spiro atoms. The van der Waals surface area contributed by atoms with E-state index in [1.54, 1.807) is 5.32 Å². The summed E-state index contributed by atoms with van der Waals surface area (Å²) in [6.07, 6.45) is -2.71. The highest BCUT2D eigenvalue weighted by Gasteiger charge is 2.11. The smallest absolute Gasteiger partial charge is 0.466 e. The van der Waals surface area contributed by atoms with Crippen molar-refractivity contribution in [2.45, 2.75) is 13.0 Å². The Morgan fingerprint density at radius 3 is 1.27 bits per heavy atom. The quantitative estimate of drug-likeness (QED) is 0.175. The molecule has 0 aliphatic carbocycles. The minimum atomic E-state index is -4.64. The molecule has 0 atom stereocenters. The summed E-state index contributed by atoms with van der Waals surface area (Å²) in [6.45, 7) is 1.08. The van der Waals surface area contributed by atoms with Gasteiger partial charge in [-0.15, -0.1) is 0 Å². The van der Waals surface area contributed by atoms with Crippen molar-refractivity contribution in [2.24, 2.45) is 0 Å². The SMILES string of the molecule is CC(=O)O.CNC(O)(O)O.O=P(O)(O)O. The van der Waals surface area contributed by atoms with Crippen LogP contribution in [0.15, 0.2) is 0 Å². The molecule has 0 amide bonds. The average molecular weight is 251 g/mol. The molecule has 11 heteroatoms. The third-order valence-electron chi connectivity index (χ3n) is 0.335. The van der Waals surface area contributed by atoms with Gasteiger partial charge in [-0.1, -0.05) is 0 Å². The number of carboxylic acid groups (broad SMARTS) is 1. The van der Waals surface area contributed by atoms with Gasteiger partial charge in [0, 0.05) is 6.92 Å². The number of hydrogen-bond acceptors (Lipinski definition) is 6. The Kier molecular flexibility index (Phi) is 11.6. The number of carbonyl (C=O) groups is 1. The van der Waals surface area contributed by atoms with E-state index >= 15 is 0 Å². The maximum atomic E-state index is 9.00. The van der Waals surface area contributed by atoms with E-state index in [0.29, 0.717) is 0 Å². The van der Waals surface area contributed by atoms with Gasteiger partial charge >= 0.3 is 13.9 Å². The zero-order valence-electron chi connectivity index (χ0n) is 7.89. The van der Waals surface area contributed by atoms with E-state index < -0.39 is 19.9 Å². The van der Waals surface area contributed by atoms with Crippen LogP contribution in [0.3, 0.4) is 0 Å². The maximum absolute atomic E-state index is 9.00. The molecule has 0 saturated carbocycles. The van der Waals surface area contributed by atoms with Crippen LogP contribution in [-0.2, 0) is 9.36 Å². The molecule has 0 bridgehead atoms. The summed E-state index contributed by atoms with van der Waals surface area (Å²) in [5.41, 5.74) is 0. The van der Waals surface area contributed by atoms with Crippen LogP contribution in [0, 0.1) is 0 Å². The summed E-state index contributed by atoms with van der Waals surface area (Å²) in [5, 5.41) is 32.7. The molecule has 15 heavy (non-hydrogen) atoms. The third kappa shape index (κ3) is 299. The standard InChI is InChI=1S/C2H7NO3.C2H4O2.H3O4P/c1-3-2(4,5)6;1-2(3)4;1-5(2,3)4/h3-6H,1H3;1H3,(H,3,4);(H3,1,2,3,4). The van der Waals surface area contributed by atoms with Gasteiger partial charge in [0.1, 0.15) is 0 Å². The topological polar surface area (TPSA) is 188 Å². The minimum Gasteiger partial charge on any atom is -0.481 e. The highest BCUT2D eigenvalue weighted by Crippen LogP contribution is 2.25. The minimum absolute atomic E-state index is 0.833. The van der Waals surface area contributed by atoms with E-state index in [-0.39, 0.29) is 0 Å². The highest BCUT2D eigenvalue weighted by molar-refractivity contribution is 7.45. The first-order chi connectivity index (χ1) is 6.29. The van der Waals surface area contributed by atoms with Crippen LogP contribution in [0.25, 0.3) is 0 Å². The van der Waals surface area contributed by atoms with Crippen LogP contribution in [0.4, 0.5) is 0 Å². The van der Waals surface area contributed by atoms with Crippen LogP contribution >= 0.6 is 7.82 Å². The van der Waals surface area contributed by atoms with Crippen LogP contribution in [-0.4, -0.2) is 54.2 Å². The van der Waals surface area contributed by atoms with Crippen molar-refractivity contribution in [3.05, 3.63) is 0 Å². The maximum Gasteiger partial charge on any atom is 0.466 e. The van der Waals surface area contributed by atoms with Gasteiger partial charge in [0.15, 0.2) is 0 Å². The Labute approximate surface area is 84.7 Å². The van der Waals surface area contributed by atoms with Crippen molar-refractivity contribution in [2.75, 3.05) is 7.05 Å². The first-order valence-corrected chi connectivity index (χ1v) is 4.70. The summed E-state index contributed by atoms with van der Waals surface area (Å²) < 4.78 is 8.88. The molecule has 0 radical (unpaired) electrons. The van der Waals surface area contributed by atoms with Crippen LogP contribution in [0.5, 0.6) is 0 Å². The number of carboxylic acids is 1. The van der Waals surface area contributed by atoms with Crippen molar-refractivity contribution in [3.8, 4) is 0 Å². The van der Waals surface area contributed by atoms with Gasteiger partial charge in [0.25, 0.3) is 5.97 Å². The van der Waals surface area contributed by atoms with Crippen LogP contribution in [0.1, 0.15) is 6.92 Å². The molecule has 0 aliphatic rings. The Morgan fingerprint density at radius 1 is 1.20 bits per heavy atom. The van der Waals surface area contributed by atoms with Crippen LogP contribution in [0.2, 0.25) is 0 Å². The Bertz CT molecular complexity index is 192. The second-order valence-electron chi connectivity index (χ2n) is 1.92. The zero-order chi connectivity index (χ0) is 13.3. The van der Waals surface area contributed by atoms with Crippen molar-refractivity contribution in [1.82, 2.24) is 5.32 Å². The number of hydrogen-bond donors (Lipinski definition) is 8. The van der Waals surface area contributed by atoms with Gasteiger partial charge in [-0.05, 0) is 7.05 Å². The first kappa shape index (κ1) is 19.9. The van der Waals surface area contributed by atoms with E-state index in [9.17, 15) is 0 Å². The summed E-state index contributed by atoms with van der Waals surface area (Å²) in [5.74, 6) is -0.833. The summed E-state index contributed by atoms with van der Waals surface area (Å²) in [4.78, 5) is 30.6. The highest BCUT2D eigenvalue weighted by atomic mass is 31.2. The summed E-state index contributed by atoms with van der Waals surface area (Å²) >= 11 is 0. The predicted molar refractivity (Wildman–Crippen MR) is 46.0 cm³/mol. The van der Waals surface area contributed by atoms with Gasteiger partial charge in [-0.2, -0.15) is 0 Å². The molecule has 0 unspecified atom stereocenters. The Morgan fingerprint density at radius 2 is 1.27 bits per heavy atom. The molecule has 0 aromatic carbocycles. The second kappa shape index (κ2) is 8.71. The lowest BCUT2D eigenvalue weighted by Crippen LogP contribution is -2.41. The molecule has 0 aliphatic heterocycles. The predicted octanol–water partition coefficient (Wildman–Crippen LogP) is -3.04. The van der Waals surface area contributed by atoms with Crippen molar-refractivity contribution < 1.29 is 44.5 Å². The normalized spacial score (nSPS) is 10.4. The number of nitrogens with one attached hydrogen (secondary N) is 1. The van der Waals surface area contributed by atoms with Gasteiger partial charge < -0.3 is 35.1 Å². The molecule has 0 fully saturated rings. The number of aliphatic hydroxyl groups is 3. The summed E-state index contributed by atoms with van der Waals surface area (Å²) in [7, 11) is -3.43. The van der Waals surface area contributed by atoms with Gasteiger partial charge in [-0.3, -0.25) is 4.79 Å². The van der Waals surface area contributed by atoms with Gasteiger partial charge in [0.05, 0.1) is 0 Å². The molecule has 10 nitrogen and oxygen atoms in total. The van der Waals surface area contributed by atoms with Crippen molar-refractivity contribution in [1.29, 1.82) is 0 Å². The lowest BCUT2D eigenvalue weighted by atomic mass is 10.9. The molecule has 0 saturated heterocycles. The molecular formula is C4H14NO9P. The third-order valence-corrected chi connectivity index (χ3v) is 0.335. The van der Waals surface area contributed by atoms with Gasteiger partial charge in [0.2, 0.25) is 0 Å².